The van der Waals surface area contributed by atoms with Gasteiger partial charge in [0.1, 0.15) is 85.5 Å². The summed E-state index contributed by atoms with van der Waals surface area (Å²) in [5, 5.41) is 157. The molecule has 0 aromatic heterocycles. The van der Waals surface area contributed by atoms with E-state index in [1.165, 1.54) is 5.57 Å². The van der Waals surface area contributed by atoms with E-state index in [1.54, 1.807) is 31.3 Å². The molecule has 0 amide bonds. The molecule has 0 radical (unpaired) electrons. The zero-order valence-electron chi connectivity index (χ0n) is 50.4. The number of esters is 1. The van der Waals surface area contributed by atoms with Crippen LogP contribution in [0.25, 0.3) is 0 Å². The van der Waals surface area contributed by atoms with Crippen molar-refractivity contribution in [3.63, 3.8) is 0 Å². The van der Waals surface area contributed by atoms with Gasteiger partial charge in [0, 0.05) is 18.2 Å². The number of fused-ring (bicyclic) bond motifs is 7. The van der Waals surface area contributed by atoms with E-state index < -0.39 is 182 Å². The number of ether oxygens (including phenoxy) is 9. The molecule has 0 bridgehead atoms. The van der Waals surface area contributed by atoms with Crippen LogP contribution in [0.3, 0.4) is 0 Å². The summed E-state index contributed by atoms with van der Waals surface area (Å²) < 4.78 is 53.6. The Hall–Kier alpha value is -2.65. The number of rotatable bonds is 15. The van der Waals surface area contributed by atoms with Crippen LogP contribution in [-0.2, 0) is 42.6 Å². The summed E-state index contributed by atoms with van der Waals surface area (Å²) >= 11 is 0. The Morgan fingerprint density at radius 1 is 0.628 bits per heavy atom. The van der Waals surface area contributed by atoms with E-state index in [4.69, 9.17) is 42.6 Å². The van der Waals surface area contributed by atoms with E-state index in [9.17, 15) is 76.3 Å². The van der Waals surface area contributed by atoms with E-state index in [-0.39, 0.29) is 53.8 Å². The maximum atomic E-state index is 13.3. The van der Waals surface area contributed by atoms with Crippen molar-refractivity contribution in [3.05, 3.63) is 41.5 Å². The zero-order chi connectivity index (χ0) is 62.5. The van der Waals surface area contributed by atoms with Gasteiger partial charge in [-0.25, -0.2) is 4.79 Å². The number of aliphatic hydroxyl groups excluding tert-OH is 14. The Morgan fingerprint density at radius 3 is 1.85 bits per heavy atom. The lowest BCUT2D eigenvalue weighted by molar-refractivity contribution is -0.348. The highest BCUT2D eigenvalue weighted by atomic mass is 16.7. The molecule has 4 saturated heterocycles. The Morgan fingerprint density at radius 2 is 1.21 bits per heavy atom. The first-order valence-corrected chi connectivity index (χ1v) is 30.6. The number of nitrogens with one attached hydrogen (secondary N) is 1. The van der Waals surface area contributed by atoms with Crippen LogP contribution in [0, 0.1) is 50.2 Å². The van der Waals surface area contributed by atoms with E-state index >= 15 is 0 Å². The zero-order valence-corrected chi connectivity index (χ0v) is 50.4. The SMILES string of the molecule is CNc1ccccc1C(=O)OC1C(CO)OC(OC2CC3(CO)C(O)CC4(C)C(=CCC5C6(C)CCC(OC7OC(COC8OC(COC9OCC(O)C(O)C9O)C(O)C(O)C8O)C(O)C(O)C7O)C(C)(C)C6CCC54C)C3CC2(C)C)C(O)C1O. The standard InChI is InChI=1S/C61H95NO24/c1-56(2)19-29-28-13-14-36-58(5)17-16-38(84-54-48(75)44(71)42(69)34(83-54)25-80-53-47(74)43(70)41(68)33(82-53)24-79-52-46(73)40(67)31(65)23-78-52)57(3,4)35(58)15-18-59(36,6)60(28,7)20-37(66)61(29,26-64)21-39(56)85-55-49(76)45(72)50(32(22-63)81-55)86-51(77)27-11-9-10-12-30(27)62-8/h9-13,29,31-50,52-55,62-76H,14-26H2,1-8H3. The molecule has 25 heteroatoms. The minimum atomic E-state index is -1.81. The van der Waals surface area contributed by atoms with Crippen molar-refractivity contribution in [1.82, 2.24) is 0 Å². The average Bonchev–Trinajstić information content (AvgIpc) is 0.677. The van der Waals surface area contributed by atoms with Crippen molar-refractivity contribution in [2.45, 2.75) is 235 Å². The highest BCUT2D eigenvalue weighted by molar-refractivity contribution is 5.95. The molecule has 1 aromatic carbocycles. The van der Waals surface area contributed by atoms with E-state index in [0.717, 1.165) is 25.7 Å². The quantitative estimate of drug-likeness (QED) is 0.0564. The number of hydrogen-bond acceptors (Lipinski definition) is 25. The van der Waals surface area contributed by atoms with Gasteiger partial charge in [0.25, 0.3) is 0 Å². The number of aliphatic hydroxyl groups is 14. The number of carbonyl (C=O) groups excluding carboxylic acids is 1. The fourth-order valence-electron chi connectivity index (χ4n) is 17.5. The minimum absolute atomic E-state index is 0.0873. The normalized spacial score (nSPS) is 49.9. The molecule has 1 aromatic rings. The Bertz CT molecular complexity index is 2560. The van der Waals surface area contributed by atoms with Gasteiger partial charge < -0.3 is 119 Å². The molecule has 4 aliphatic heterocycles. The molecule has 25 nitrogen and oxygen atoms in total. The van der Waals surface area contributed by atoms with Crippen LogP contribution in [0.2, 0.25) is 0 Å². The third kappa shape index (κ3) is 11.1. The monoisotopic (exact) mass is 1230 g/mol. The van der Waals surface area contributed by atoms with Crippen LogP contribution in [0.5, 0.6) is 0 Å². The summed E-state index contributed by atoms with van der Waals surface area (Å²) in [5.41, 5.74) is -1.41. The molecule has 15 N–H and O–H groups in total. The largest absolute Gasteiger partial charge is 0.453 e. The lowest BCUT2D eigenvalue weighted by Gasteiger charge is -2.72. The van der Waals surface area contributed by atoms with Crippen molar-refractivity contribution >= 4 is 11.7 Å². The average molecular weight is 1230 g/mol. The molecule has 86 heavy (non-hydrogen) atoms. The summed E-state index contributed by atoms with van der Waals surface area (Å²) in [6.45, 7) is 12.9. The van der Waals surface area contributed by atoms with Gasteiger partial charge in [-0.2, -0.15) is 0 Å². The van der Waals surface area contributed by atoms with Crippen molar-refractivity contribution in [2.75, 3.05) is 45.4 Å². The maximum Gasteiger partial charge on any atom is 0.340 e. The van der Waals surface area contributed by atoms with E-state index in [0.29, 0.717) is 24.9 Å². The smallest absolute Gasteiger partial charge is 0.340 e. The van der Waals surface area contributed by atoms with Gasteiger partial charge in [0.05, 0.1) is 56.9 Å². The molecule has 4 heterocycles. The number of hydrogen-bond donors (Lipinski definition) is 15. The van der Waals surface area contributed by atoms with Crippen LogP contribution in [0.4, 0.5) is 5.69 Å². The van der Waals surface area contributed by atoms with Crippen LogP contribution in [0.1, 0.15) is 110 Å². The first kappa shape index (κ1) is 66.3. The van der Waals surface area contributed by atoms with Crippen molar-refractivity contribution in [2.24, 2.45) is 50.2 Å². The summed E-state index contributed by atoms with van der Waals surface area (Å²) in [6.07, 6.45) is -25.0. The predicted molar refractivity (Wildman–Crippen MR) is 299 cm³/mol. The minimum Gasteiger partial charge on any atom is -0.453 e. The lowest BCUT2D eigenvalue weighted by atomic mass is 9.33. The fraction of sp³-hybridized carbons (Fsp3) is 0.852. The van der Waals surface area contributed by atoms with Gasteiger partial charge in [-0.05, 0) is 108 Å². The summed E-state index contributed by atoms with van der Waals surface area (Å²) in [4.78, 5) is 13.3. The molecular weight excluding hydrogens is 1130 g/mol. The Balaban J connectivity index is 0.799. The summed E-state index contributed by atoms with van der Waals surface area (Å²) in [6, 6.07) is 6.62. The molecule has 488 valence electrons. The number of allylic oxidation sites excluding steroid dienone is 2. The molecule has 5 aliphatic carbocycles. The summed E-state index contributed by atoms with van der Waals surface area (Å²) in [7, 11) is 1.64. The van der Waals surface area contributed by atoms with E-state index in [1.807, 2.05) is 13.8 Å². The van der Waals surface area contributed by atoms with Crippen LogP contribution in [0.15, 0.2) is 35.9 Å². The molecule has 4 saturated carbocycles. The summed E-state index contributed by atoms with van der Waals surface area (Å²) in [5.74, 6) is -0.819. The molecule has 29 unspecified atom stereocenters. The Kier molecular flexibility index (Phi) is 19.1. The highest BCUT2D eigenvalue weighted by Crippen LogP contribution is 2.76. The highest BCUT2D eigenvalue weighted by Gasteiger charge is 2.71. The van der Waals surface area contributed by atoms with Gasteiger partial charge in [-0.15, -0.1) is 0 Å². The molecule has 29 atom stereocenters. The van der Waals surface area contributed by atoms with Crippen molar-refractivity contribution in [3.8, 4) is 0 Å². The van der Waals surface area contributed by atoms with Crippen molar-refractivity contribution < 1.29 is 119 Å². The van der Waals surface area contributed by atoms with Gasteiger partial charge in [0.2, 0.25) is 0 Å². The van der Waals surface area contributed by atoms with Gasteiger partial charge >= 0.3 is 5.97 Å². The molecule has 8 fully saturated rings. The van der Waals surface area contributed by atoms with E-state index in [2.05, 4.69) is 46.0 Å². The van der Waals surface area contributed by atoms with Gasteiger partial charge in [0.15, 0.2) is 31.3 Å². The van der Waals surface area contributed by atoms with Crippen LogP contribution >= 0.6 is 0 Å². The third-order valence-corrected chi connectivity index (χ3v) is 23.0. The van der Waals surface area contributed by atoms with Crippen molar-refractivity contribution in [1.29, 1.82) is 0 Å². The second-order valence-corrected chi connectivity index (χ2v) is 28.3. The van der Waals surface area contributed by atoms with Crippen LogP contribution in [-0.4, -0.2) is 253 Å². The third-order valence-electron chi connectivity index (χ3n) is 23.0. The second kappa shape index (κ2) is 24.8. The first-order valence-electron chi connectivity index (χ1n) is 30.6. The number of para-hydroxylation sites is 1. The lowest BCUT2D eigenvalue weighted by Crippen LogP contribution is -2.68. The number of carbonyl (C=O) groups is 1. The molecule has 9 aliphatic rings. The number of anilines is 1. The number of benzene rings is 1. The molecule has 10 rings (SSSR count). The second-order valence-electron chi connectivity index (χ2n) is 28.3. The molecule has 0 spiro atoms. The topological polar surface area (TPSA) is 395 Å². The maximum absolute atomic E-state index is 13.3. The fourth-order valence-corrected chi connectivity index (χ4v) is 17.5. The molecular formula is C61H95NO24. The Labute approximate surface area is 501 Å². The predicted octanol–water partition coefficient (Wildman–Crippen LogP) is -1.07. The first-order chi connectivity index (χ1) is 40.4. The van der Waals surface area contributed by atoms with Crippen LogP contribution < -0.4 is 5.32 Å². The van der Waals surface area contributed by atoms with Gasteiger partial charge in [-0.3, -0.25) is 0 Å². The van der Waals surface area contributed by atoms with Gasteiger partial charge in [-0.1, -0.05) is 72.2 Å².